The van der Waals surface area contributed by atoms with E-state index in [1.165, 1.54) is 12.1 Å². The molecule has 1 heterocycles. The molecule has 1 atom stereocenters. The van der Waals surface area contributed by atoms with Gasteiger partial charge in [0.05, 0.1) is 6.26 Å². The second-order valence-corrected chi connectivity index (χ2v) is 3.36. The van der Waals surface area contributed by atoms with Crippen molar-refractivity contribution in [2.75, 3.05) is 6.54 Å². The van der Waals surface area contributed by atoms with Crippen LogP contribution in [0.4, 0.5) is 13.2 Å². The van der Waals surface area contributed by atoms with Crippen LogP contribution >= 0.6 is 0 Å². The normalized spacial score (nSPS) is 13.4. The molecule has 0 fully saturated rings. The van der Waals surface area contributed by atoms with Gasteiger partial charge in [-0.15, -0.1) is 0 Å². The van der Waals surface area contributed by atoms with Crippen molar-refractivity contribution in [3.05, 3.63) is 34.3 Å². The lowest BCUT2D eigenvalue weighted by atomic mass is 10.0. The maximum absolute atomic E-state index is 12.4. The van der Waals surface area contributed by atoms with Crippen molar-refractivity contribution < 1.29 is 27.3 Å². The van der Waals surface area contributed by atoms with Gasteiger partial charge in [0, 0.05) is 11.3 Å². The molecule has 1 aromatic rings. The number of ketones is 1. The van der Waals surface area contributed by atoms with E-state index in [9.17, 15) is 28.1 Å². The van der Waals surface area contributed by atoms with Gasteiger partial charge in [-0.1, -0.05) is 0 Å². The highest BCUT2D eigenvalue weighted by molar-refractivity contribution is 5.93. The minimum Gasteiger partial charge on any atom is -0.461 e. The molecule has 1 unspecified atom stereocenters. The first-order valence-corrected chi connectivity index (χ1v) is 4.56. The topological polar surface area (TPSA) is 73.3 Å². The summed E-state index contributed by atoms with van der Waals surface area (Å²) >= 11 is 0. The zero-order valence-corrected chi connectivity index (χ0v) is 8.44. The van der Waals surface area contributed by atoms with Crippen LogP contribution in [0.2, 0.25) is 0 Å². The Balaban J connectivity index is 2.73. The van der Waals surface area contributed by atoms with Crippen LogP contribution in [-0.2, 0) is 0 Å². The standard InChI is InChI=1S/C9H8F3NO4/c10-9(11,12)6(5-13(15)16)4-7(14)8-2-1-3-17-8/h1-3,6H,4-5H2. The zero-order valence-electron chi connectivity index (χ0n) is 8.44. The van der Waals surface area contributed by atoms with Crippen molar-refractivity contribution in [3.63, 3.8) is 0 Å². The largest absolute Gasteiger partial charge is 0.461 e. The Labute approximate surface area is 93.4 Å². The lowest BCUT2D eigenvalue weighted by Gasteiger charge is -2.14. The van der Waals surface area contributed by atoms with Crippen molar-refractivity contribution in [3.8, 4) is 0 Å². The molecule has 0 aliphatic heterocycles. The van der Waals surface area contributed by atoms with Gasteiger partial charge >= 0.3 is 6.18 Å². The fraction of sp³-hybridized carbons (Fsp3) is 0.444. The minimum atomic E-state index is -4.78. The van der Waals surface area contributed by atoms with Gasteiger partial charge in [0.15, 0.2) is 11.5 Å². The molecule has 0 amide bonds. The van der Waals surface area contributed by atoms with Crippen LogP contribution in [0.25, 0.3) is 0 Å². The number of carbonyl (C=O) groups is 1. The number of halogens is 3. The first kappa shape index (κ1) is 13.2. The van der Waals surface area contributed by atoms with Crippen molar-refractivity contribution in [1.82, 2.24) is 0 Å². The van der Waals surface area contributed by atoms with Crippen molar-refractivity contribution in [2.24, 2.45) is 5.92 Å². The Morgan fingerprint density at radius 2 is 2.18 bits per heavy atom. The molecule has 0 aromatic carbocycles. The maximum atomic E-state index is 12.4. The van der Waals surface area contributed by atoms with E-state index < -0.39 is 35.8 Å². The van der Waals surface area contributed by atoms with Gasteiger partial charge < -0.3 is 4.42 Å². The van der Waals surface area contributed by atoms with E-state index in [4.69, 9.17) is 0 Å². The van der Waals surface area contributed by atoms with Gasteiger partial charge in [0.25, 0.3) is 0 Å². The average molecular weight is 251 g/mol. The summed E-state index contributed by atoms with van der Waals surface area (Å²) in [4.78, 5) is 20.3. The second kappa shape index (κ2) is 4.98. The van der Waals surface area contributed by atoms with Crippen molar-refractivity contribution in [2.45, 2.75) is 12.6 Å². The highest BCUT2D eigenvalue weighted by Crippen LogP contribution is 2.30. The summed E-state index contributed by atoms with van der Waals surface area (Å²) in [5.74, 6) is -3.43. The molecule has 0 spiro atoms. The van der Waals surface area contributed by atoms with Crippen LogP contribution in [0.5, 0.6) is 0 Å². The van der Waals surface area contributed by atoms with Gasteiger partial charge in [-0.25, -0.2) is 0 Å². The lowest BCUT2D eigenvalue weighted by Crippen LogP contribution is -2.31. The third-order valence-corrected chi connectivity index (χ3v) is 2.06. The molecule has 17 heavy (non-hydrogen) atoms. The number of hydrogen-bond acceptors (Lipinski definition) is 4. The third-order valence-electron chi connectivity index (χ3n) is 2.06. The predicted octanol–water partition coefficient (Wildman–Crippen LogP) is 2.31. The van der Waals surface area contributed by atoms with E-state index in [0.29, 0.717) is 0 Å². The van der Waals surface area contributed by atoms with Gasteiger partial charge in [-0.3, -0.25) is 14.9 Å². The molecule has 5 nitrogen and oxygen atoms in total. The van der Waals surface area contributed by atoms with Crippen LogP contribution in [0.1, 0.15) is 17.0 Å². The van der Waals surface area contributed by atoms with Gasteiger partial charge in [0.2, 0.25) is 6.54 Å². The monoisotopic (exact) mass is 251 g/mol. The molecule has 1 rings (SSSR count). The van der Waals surface area contributed by atoms with Crippen LogP contribution < -0.4 is 0 Å². The molecular formula is C9H8F3NO4. The number of Topliss-reactive ketones (excluding diaryl/α,β-unsaturated/α-hetero) is 1. The molecule has 0 aliphatic rings. The molecule has 1 aromatic heterocycles. The highest BCUT2D eigenvalue weighted by atomic mass is 19.4. The van der Waals surface area contributed by atoms with Crippen LogP contribution in [0, 0.1) is 16.0 Å². The molecule has 0 N–H and O–H groups in total. The fourth-order valence-corrected chi connectivity index (χ4v) is 1.23. The molecule has 0 saturated heterocycles. The van der Waals surface area contributed by atoms with Gasteiger partial charge in [-0.2, -0.15) is 13.2 Å². The summed E-state index contributed by atoms with van der Waals surface area (Å²) in [5, 5.41) is 10.1. The highest BCUT2D eigenvalue weighted by Gasteiger charge is 2.44. The molecule has 0 radical (unpaired) electrons. The van der Waals surface area contributed by atoms with Gasteiger partial charge in [0.1, 0.15) is 5.92 Å². The Morgan fingerprint density at radius 1 is 1.53 bits per heavy atom. The zero-order chi connectivity index (χ0) is 13.1. The van der Waals surface area contributed by atoms with E-state index >= 15 is 0 Å². The number of alkyl halides is 3. The number of nitrogens with zero attached hydrogens (tertiary/aromatic N) is 1. The minimum absolute atomic E-state index is 0.234. The Kier molecular flexibility index (Phi) is 3.87. The Morgan fingerprint density at radius 3 is 2.59 bits per heavy atom. The molecule has 0 saturated carbocycles. The molecular weight excluding hydrogens is 243 g/mol. The Bertz CT molecular complexity index is 399. The van der Waals surface area contributed by atoms with E-state index in [1.54, 1.807) is 0 Å². The van der Waals surface area contributed by atoms with E-state index in [1.807, 2.05) is 0 Å². The van der Waals surface area contributed by atoms with Crippen molar-refractivity contribution >= 4 is 5.78 Å². The second-order valence-electron chi connectivity index (χ2n) is 3.36. The van der Waals surface area contributed by atoms with Gasteiger partial charge in [-0.05, 0) is 12.1 Å². The summed E-state index contributed by atoms with van der Waals surface area (Å²) in [6.07, 6.45) is -4.63. The quantitative estimate of drug-likeness (QED) is 0.457. The Hall–Kier alpha value is -1.86. The number of nitro groups is 1. The fourth-order valence-electron chi connectivity index (χ4n) is 1.23. The van der Waals surface area contributed by atoms with Crippen molar-refractivity contribution in [1.29, 1.82) is 0 Å². The first-order valence-electron chi connectivity index (χ1n) is 4.56. The van der Waals surface area contributed by atoms with E-state index in [-0.39, 0.29) is 5.76 Å². The number of hydrogen-bond donors (Lipinski definition) is 0. The summed E-state index contributed by atoms with van der Waals surface area (Å²) in [6.45, 7) is -1.32. The van der Waals surface area contributed by atoms with E-state index in [2.05, 4.69) is 4.42 Å². The summed E-state index contributed by atoms with van der Waals surface area (Å²) < 4.78 is 41.8. The molecule has 0 aliphatic carbocycles. The first-order chi connectivity index (χ1) is 7.80. The predicted molar refractivity (Wildman–Crippen MR) is 49.1 cm³/mol. The number of carbonyl (C=O) groups excluding carboxylic acids is 1. The average Bonchev–Trinajstić information content (AvgIpc) is 2.66. The SMILES string of the molecule is O=C(CC(C[N+](=O)[O-])C(F)(F)F)c1ccco1. The van der Waals surface area contributed by atoms with Crippen LogP contribution in [0.3, 0.4) is 0 Å². The molecule has 0 bridgehead atoms. The number of rotatable bonds is 5. The van der Waals surface area contributed by atoms with Crippen LogP contribution in [-0.4, -0.2) is 23.4 Å². The van der Waals surface area contributed by atoms with Crippen LogP contribution in [0.15, 0.2) is 22.8 Å². The third kappa shape index (κ3) is 3.89. The summed E-state index contributed by atoms with van der Waals surface area (Å²) in [5.41, 5.74) is 0. The molecule has 8 heteroatoms. The summed E-state index contributed by atoms with van der Waals surface area (Å²) in [6, 6.07) is 2.56. The molecule has 94 valence electrons. The smallest absolute Gasteiger partial charge is 0.398 e. The summed E-state index contributed by atoms with van der Waals surface area (Å²) in [7, 11) is 0. The van der Waals surface area contributed by atoms with E-state index in [0.717, 1.165) is 6.26 Å². The number of furan rings is 1. The lowest BCUT2D eigenvalue weighted by molar-refractivity contribution is -0.497. The maximum Gasteiger partial charge on any atom is 0.398 e.